The molecule has 3 aliphatic heterocycles. The number of sulfonamides is 1. The molecule has 0 radical (unpaired) electrons. The zero-order chi connectivity index (χ0) is 12.0. The van der Waals surface area contributed by atoms with Gasteiger partial charge in [0.1, 0.15) is 4.58 Å². The quantitative estimate of drug-likeness (QED) is 0.686. The van der Waals surface area contributed by atoms with E-state index in [4.69, 9.17) is 5.14 Å². The van der Waals surface area contributed by atoms with Crippen molar-refractivity contribution in [1.82, 2.24) is 9.62 Å². The molecule has 0 bridgehead atoms. The lowest BCUT2D eigenvalue weighted by Crippen LogP contribution is -2.31. The van der Waals surface area contributed by atoms with Crippen molar-refractivity contribution in [2.24, 2.45) is 5.14 Å². The van der Waals surface area contributed by atoms with E-state index in [1.807, 2.05) is 12.3 Å². The Labute approximate surface area is 108 Å². The highest BCUT2D eigenvalue weighted by Gasteiger charge is 2.34. The van der Waals surface area contributed by atoms with E-state index in [1.54, 1.807) is 18.0 Å². The van der Waals surface area contributed by atoms with Gasteiger partial charge in [-0.25, -0.2) is 13.6 Å². The standard InChI is InChI=1S/C9H11N3O2S3/c10-17(13,14)9-4-8-7(15-9)3-6-5-11-1-2-12(6)16-8/h3-5,9,11H,1-2H2,(H2,10,13,14). The van der Waals surface area contributed by atoms with Crippen molar-refractivity contribution in [3.8, 4) is 0 Å². The number of rotatable bonds is 1. The maximum absolute atomic E-state index is 11.3. The van der Waals surface area contributed by atoms with E-state index >= 15 is 0 Å². The minimum atomic E-state index is -3.51. The summed E-state index contributed by atoms with van der Waals surface area (Å²) < 4.78 is 24.2. The van der Waals surface area contributed by atoms with Crippen LogP contribution in [0.5, 0.6) is 0 Å². The molecule has 0 aromatic heterocycles. The van der Waals surface area contributed by atoms with Gasteiger partial charge < -0.3 is 9.62 Å². The van der Waals surface area contributed by atoms with Gasteiger partial charge in [0, 0.05) is 29.1 Å². The van der Waals surface area contributed by atoms with Gasteiger partial charge in [0.15, 0.2) is 0 Å². The van der Waals surface area contributed by atoms with Crippen LogP contribution in [0, 0.1) is 0 Å². The van der Waals surface area contributed by atoms with Crippen molar-refractivity contribution in [3.63, 3.8) is 0 Å². The molecule has 1 atom stereocenters. The lowest BCUT2D eigenvalue weighted by Gasteiger charge is -2.32. The number of nitrogens with two attached hydrogens (primary N) is 1. The Morgan fingerprint density at radius 3 is 3.06 bits per heavy atom. The fourth-order valence-corrected chi connectivity index (χ4v) is 5.18. The van der Waals surface area contributed by atoms with Crippen LogP contribution in [0.1, 0.15) is 0 Å². The van der Waals surface area contributed by atoms with Crippen molar-refractivity contribution in [3.05, 3.63) is 33.9 Å². The average molecular weight is 289 g/mol. The van der Waals surface area contributed by atoms with Gasteiger partial charge in [0.05, 0.1) is 5.70 Å². The molecule has 92 valence electrons. The fourth-order valence-electron chi connectivity index (χ4n) is 1.77. The Hall–Kier alpha value is -0.570. The molecular formula is C9H11N3O2S3. The van der Waals surface area contributed by atoms with Crippen LogP contribution >= 0.6 is 23.7 Å². The second kappa shape index (κ2) is 3.98. The van der Waals surface area contributed by atoms with Gasteiger partial charge in [-0.1, -0.05) is 11.8 Å². The van der Waals surface area contributed by atoms with Gasteiger partial charge in [0.2, 0.25) is 10.0 Å². The van der Waals surface area contributed by atoms with E-state index in [0.717, 1.165) is 28.6 Å². The first-order valence-corrected chi connectivity index (χ1v) is 8.31. The Bertz CT molecular complexity index is 550. The first kappa shape index (κ1) is 11.5. The number of nitrogens with one attached hydrogen (secondary N) is 1. The number of allylic oxidation sites excluding steroid dienone is 1. The fraction of sp³-hybridized carbons (Fsp3) is 0.333. The van der Waals surface area contributed by atoms with Crippen LogP contribution in [0.4, 0.5) is 0 Å². The summed E-state index contributed by atoms with van der Waals surface area (Å²) in [4.78, 5) is 1.98. The van der Waals surface area contributed by atoms with Crippen molar-refractivity contribution in [1.29, 1.82) is 0 Å². The maximum Gasteiger partial charge on any atom is 0.225 e. The summed E-state index contributed by atoms with van der Waals surface area (Å²) in [5.41, 5.74) is 1.08. The number of nitrogens with zero attached hydrogens (tertiary/aromatic N) is 1. The summed E-state index contributed by atoms with van der Waals surface area (Å²) in [6, 6.07) is 0. The molecule has 0 amide bonds. The Balaban J connectivity index is 1.95. The lowest BCUT2D eigenvalue weighted by atomic mass is 10.3. The second-order valence-corrected chi connectivity index (χ2v) is 8.06. The van der Waals surface area contributed by atoms with E-state index in [-0.39, 0.29) is 0 Å². The first-order chi connectivity index (χ1) is 8.04. The van der Waals surface area contributed by atoms with Crippen LogP contribution in [0.2, 0.25) is 0 Å². The number of hydrogen-bond acceptors (Lipinski definition) is 6. The van der Waals surface area contributed by atoms with Crippen LogP contribution in [0.3, 0.4) is 0 Å². The predicted octanol–water partition coefficient (Wildman–Crippen LogP) is 0.524. The van der Waals surface area contributed by atoms with Crippen LogP contribution < -0.4 is 10.5 Å². The Morgan fingerprint density at radius 2 is 2.29 bits per heavy atom. The van der Waals surface area contributed by atoms with Crippen molar-refractivity contribution < 1.29 is 8.42 Å². The molecule has 0 aromatic rings. The van der Waals surface area contributed by atoms with E-state index in [2.05, 4.69) is 9.62 Å². The molecule has 0 fully saturated rings. The number of primary sulfonamides is 1. The molecule has 8 heteroatoms. The van der Waals surface area contributed by atoms with E-state index < -0.39 is 14.6 Å². The smallest absolute Gasteiger partial charge is 0.225 e. The summed E-state index contributed by atoms with van der Waals surface area (Å²) in [6.45, 7) is 1.81. The minimum absolute atomic E-state index is 0.647. The van der Waals surface area contributed by atoms with E-state index in [1.165, 1.54) is 11.8 Å². The highest BCUT2D eigenvalue weighted by atomic mass is 32.3. The molecule has 3 rings (SSSR count). The third-order valence-electron chi connectivity index (χ3n) is 2.58. The molecular weight excluding hydrogens is 278 g/mol. The van der Waals surface area contributed by atoms with Crippen molar-refractivity contribution >= 4 is 33.7 Å². The molecule has 3 heterocycles. The molecule has 3 aliphatic rings. The minimum Gasteiger partial charge on any atom is -0.387 e. The summed E-state index contributed by atoms with van der Waals surface area (Å²) in [5, 5.41) is 8.34. The normalized spacial score (nSPS) is 27.5. The molecule has 0 aromatic carbocycles. The summed E-state index contributed by atoms with van der Waals surface area (Å²) in [6.07, 6.45) is 5.69. The molecule has 0 saturated heterocycles. The molecule has 3 N–H and O–H groups in total. The molecule has 5 nitrogen and oxygen atoms in total. The van der Waals surface area contributed by atoms with Gasteiger partial charge in [-0.05, 0) is 24.1 Å². The molecule has 0 spiro atoms. The summed E-state index contributed by atoms with van der Waals surface area (Å²) in [5.74, 6) is 0. The number of thioether (sulfide) groups is 1. The van der Waals surface area contributed by atoms with Gasteiger partial charge in [-0.3, -0.25) is 0 Å². The van der Waals surface area contributed by atoms with Crippen LogP contribution in [-0.4, -0.2) is 30.4 Å². The van der Waals surface area contributed by atoms with Crippen LogP contribution in [-0.2, 0) is 10.0 Å². The summed E-state index contributed by atoms with van der Waals surface area (Å²) in [7, 11) is -3.51. The monoisotopic (exact) mass is 289 g/mol. The summed E-state index contributed by atoms with van der Waals surface area (Å²) >= 11 is 2.88. The van der Waals surface area contributed by atoms with Gasteiger partial charge >= 0.3 is 0 Å². The predicted molar refractivity (Wildman–Crippen MR) is 71.0 cm³/mol. The zero-order valence-corrected chi connectivity index (χ0v) is 11.2. The molecule has 0 saturated carbocycles. The van der Waals surface area contributed by atoms with E-state index in [0.29, 0.717) is 0 Å². The molecule has 1 unspecified atom stereocenters. The van der Waals surface area contributed by atoms with Gasteiger partial charge in [-0.15, -0.1) is 0 Å². The van der Waals surface area contributed by atoms with Crippen LogP contribution in [0.15, 0.2) is 33.9 Å². The zero-order valence-electron chi connectivity index (χ0n) is 8.79. The molecule has 0 aliphatic carbocycles. The lowest BCUT2D eigenvalue weighted by molar-refractivity contribution is 0.536. The average Bonchev–Trinajstić information content (AvgIpc) is 2.68. The van der Waals surface area contributed by atoms with Gasteiger partial charge in [0.25, 0.3) is 0 Å². The number of fused-ring (bicyclic) bond motifs is 2. The third kappa shape index (κ3) is 2.10. The highest BCUT2D eigenvalue weighted by molar-refractivity contribution is 8.17. The van der Waals surface area contributed by atoms with E-state index in [9.17, 15) is 8.42 Å². The van der Waals surface area contributed by atoms with Crippen LogP contribution in [0.25, 0.3) is 0 Å². The second-order valence-electron chi connectivity index (χ2n) is 3.83. The van der Waals surface area contributed by atoms with Gasteiger partial charge in [-0.2, -0.15) is 0 Å². The first-order valence-electron chi connectivity index (χ1n) is 5.05. The SMILES string of the molecule is NS(=O)(=O)C1C=C2SN3CCNC=C3C=C2S1. The largest absolute Gasteiger partial charge is 0.387 e. The Morgan fingerprint density at radius 1 is 1.47 bits per heavy atom. The number of hydrogen-bond donors (Lipinski definition) is 2. The maximum atomic E-state index is 11.3. The highest BCUT2D eigenvalue weighted by Crippen LogP contribution is 2.49. The third-order valence-corrected chi connectivity index (χ3v) is 6.71. The van der Waals surface area contributed by atoms with Crippen molar-refractivity contribution in [2.45, 2.75) is 4.58 Å². The topological polar surface area (TPSA) is 75.4 Å². The van der Waals surface area contributed by atoms with Crippen molar-refractivity contribution in [2.75, 3.05) is 13.1 Å². The molecule has 17 heavy (non-hydrogen) atoms. The Kier molecular flexibility index (Phi) is 2.69.